The first-order valence-electron chi connectivity index (χ1n) is 9.25. The lowest BCUT2D eigenvalue weighted by Gasteiger charge is -2.33. The van der Waals surface area contributed by atoms with E-state index in [2.05, 4.69) is 50.3 Å². The van der Waals surface area contributed by atoms with Crippen molar-refractivity contribution in [2.45, 2.75) is 13.1 Å². The lowest BCUT2D eigenvalue weighted by molar-refractivity contribution is 0.114. The van der Waals surface area contributed by atoms with E-state index in [0.29, 0.717) is 18.3 Å². The zero-order chi connectivity index (χ0) is 18.5. The van der Waals surface area contributed by atoms with Crippen molar-refractivity contribution in [2.75, 3.05) is 33.3 Å². The molecule has 0 radical (unpaired) electrons. The van der Waals surface area contributed by atoms with Crippen LogP contribution in [0.2, 0.25) is 0 Å². The summed E-state index contributed by atoms with van der Waals surface area (Å²) >= 11 is 0. The predicted molar refractivity (Wildman–Crippen MR) is 103 cm³/mol. The van der Waals surface area contributed by atoms with Gasteiger partial charge in [-0.05, 0) is 29.8 Å². The third kappa shape index (κ3) is 4.53. The number of rotatable bonds is 6. The van der Waals surface area contributed by atoms with Gasteiger partial charge in [0.2, 0.25) is 11.8 Å². The molecule has 0 bridgehead atoms. The highest BCUT2D eigenvalue weighted by atomic mass is 16.5. The molecule has 6 nitrogen and oxygen atoms in total. The number of benzene rings is 2. The smallest absolute Gasteiger partial charge is 0.247 e. The zero-order valence-corrected chi connectivity index (χ0v) is 15.5. The molecule has 1 aromatic heterocycles. The lowest BCUT2D eigenvalue weighted by atomic mass is 10.2. The fourth-order valence-corrected chi connectivity index (χ4v) is 3.31. The second kappa shape index (κ2) is 8.33. The Morgan fingerprint density at radius 3 is 2.19 bits per heavy atom. The van der Waals surface area contributed by atoms with E-state index in [1.54, 1.807) is 7.11 Å². The van der Waals surface area contributed by atoms with Crippen molar-refractivity contribution in [3.8, 4) is 17.2 Å². The van der Waals surface area contributed by atoms with E-state index in [4.69, 9.17) is 9.15 Å². The van der Waals surface area contributed by atoms with Crippen molar-refractivity contribution in [3.05, 3.63) is 66.1 Å². The molecule has 1 aliphatic heterocycles. The molecular formula is C21H24N4O2. The fraction of sp³-hybridized carbons (Fsp3) is 0.333. The molecule has 1 fully saturated rings. The van der Waals surface area contributed by atoms with Gasteiger partial charge in [0.05, 0.1) is 13.7 Å². The molecule has 27 heavy (non-hydrogen) atoms. The number of aromatic nitrogens is 2. The summed E-state index contributed by atoms with van der Waals surface area (Å²) in [7, 11) is 1.65. The number of hydrogen-bond donors (Lipinski definition) is 0. The van der Waals surface area contributed by atoms with Crippen LogP contribution in [0.3, 0.4) is 0 Å². The van der Waals surface area contributed by atoms with Crippen LogP contribution in [0.25, 0.3) is 11.5 Å². The second-order valence-corrected chi connectivity index (χ2v) is 6.77. The summed E-state index contributed by atoms with van der Waals surface area (Å²) in [6, 6.07) is 18.3. The van der Waals surface area contributed by atoms with Crippen molar-refractivity contribution in [1.82, 2.24) is 20.0 Å². The molecule has 4 rings (SSSR count). The summed E-state index contributed by atoms with van der Waals surface area (Å²) in [6.07, 6.45) is 0. The third-order valence-corrected chi connectivity index (χ3v) is 4.88. The van der Waals surface area contributed by atoms with E-state index >= 15 is 0 Å². The molecule has 2 aromatic carbocycles. The molecule has 6 heteroatoms. The molecule has 0 amide bonds. The first-order valence-corrected chi connectivity index (χ1v) is 9.25. The molecule has 0 spiro atoms. The van der Waals surface area contributed by atoms with Crippen molar-refractivity contribution < 1.29 is 9.15 Å². The fourth-order valence-electron chi connectivity index (χ4n) is 3.31. The summed E-state index contributed by atoms with van der Waals surface area (Å²) in [5.41, 5.74) is 2.27. The largest absolute Gasteiger partial charge is 0.497 e. The first kappa shape index (κ1) is 17.7. The molecular weight excluding hydrogens is 340 g/mol. The Labute approximate surface area is 159 Å². The Kier molecular flexibility index (Phi) is 5.46. The normalized spacial score (nSPS) is 15.7. The van der Waals surface area contributed by atoms with Gasteiger partial charge in [-0.15, -0.1) is 10.2 Å². The molecule has 0 unspecified atom stereocenters. The van der Waals surface area contributed by atoms with E-state index in [0.717, 1.165) is 44.0 Å². The monoisotopic (exact) mass is 364 g/mol. The van der Waals surface area contributed by atoms with Crippen LogP contribution in [0.1, 0.15) is 11.5 Å². The van der Waals surface area contributed by atoms with Crippen LogP contribution in [-0.4, -0.2) is 53.3 Å². The second-order valence-electron chi connectivity index (χ2n) is 6.77. The Hall–Kier alpha value is -2.70. The van der Waals surface area contributed by atoms with Gasteiger partial charge in [0.25, 0.3) is 0 Å². The average molecular weight is 364 g/mol. The average Bonchev–Trinajstić information content (AvgIpc) is 3.19. The summed E-state index contributed by atoms with van der Waals surface area (Å²) in [4.78, 5) is 4.86. The molecule has 0 saturated carbocycles. The number of hydrogen-bond acceptors (Lipinski definition) is 6. The van der Waals surface area contributed by atoms with Gasteiger partial charge >= 0.3 is 0 Å². The lowest BCUT2D eigenvalue weighted by Crippen LogP contribution is -2.45. The highest BCUT2D eigenvalue weighted by molar-refractivity contribution is 5.53. The maximum absolute atomic E-state index is 5.85. The topological polar surface area (TPSA) is 54.6 Å². The SMILES string of the molecule is COc1ccc(-c2nnc(CN3CCN(Cc4ccccc4)CC3)o2)cc1. The Balaban J connectivity index is 1.30. The van der Waals surface area contributed by atoms with E-state index in [1.807, 2.05) is 24.3 Å². The Morgan fingerprint density at radius 2 is 1.52 bits per heavy atom. The number of piperazine rings is 1. The molecule has 0 atom stereocenters. The minimum atomic E-state index is 0.551. The minimum absolute atomic E-state index is 0.551. The van der Waals surface area contributed by atoms with Crippen LogP contribution in [-0.2, 0) is 13.1 Å². The van der Waals surface area contributed by atoms with Crippen LogP contribution in [0.5, 0.6) is 5.75 Å². The zero-order valence-electron chi connectivity index (χ0n) is 15.5. The van der Waals surface area contributed by atoms with Gasteiger partial charge in [-0.2, -0.15) is 0 Å². The highest BCUT2D eigenvalue weighted by Gasteiger charge is 2.19. The molecule has 2 heterocycles. The van der Waals surface area contributed by atoms with Crippen molar-refractivity contribution in [2.24, 2.45) is 0 Å². The summed E-state index contributed by atoms with van der Waals surface area (Å²) in [6.45, 7) is 5.82. The first-order chi connectivity index (χ1) is 13.3. The predicted octanol–water partition coefficient (Wildman–Crippen LogP) is 3.06. The maximum Gasteiger partial charge on any atom is 0.247 e. The molecule has 1 saturated heterocycles. The van der Waals surface area contributed by atoms with Crippen LogP contribution in [0.4, 0.5) is 0 Å². The summed E-state index contributed by atoms with van der Waals surface area (Å²) in [5, 5.41) is 8.40. The van der Waals surface area contributed by atoms with E-state index < -0.39 is 0 Å². The third-order valence-electron chi connectivity index (χ3n) is 4.88. The van der Waals surface area contributed by atoms with Gasteiger partial charge in [-0.3, -0.25) is 9.80 Å². The Bertz CT molecular complexity index is 840. The number of methoxy groups -OCH3 is 1. The summed E-state index contributed by atoms with van der Waals surface area (Å²) < 4.78 is 11.0. The van der Waals surface area contributed by atoms with Crippen LogP contribution < -0.4 is 4.74 Å². The van der Waals surface area contributed by atoms with Crippen molar-refractivity contribution >= 4 is 0 Å². The summed E-state index contributed by atoms with van der Waals surface area (Å²) in [5.74, 6) is 2.03. The molecule has 1 aliphatic rings. The number of ether oxygens (including phenoxy) is 1. The maximum atomic E-state index is 5.85. The van der Waals surface area contributed by atoms with Gasteiger partial charge < -0.3 is 9.15 Å². The van der Waals surface area contributed by atoms with E-state index in [1.165, 1.54) is 5.56 Å². The van der Waals surface area contributed by atoms with Gasteiger partial charge in [-0.1, -0.05) is 30.3 Å². The molecule has 0 aliphatic carbocycles. The molecule has 3 aromatic rings. The van der Waals surface area contributed by atoms with Gasteiger partial charge in [-0.25, -0.2) is 0 Å². The van der Waals surface area contributed by atoms with E-state index in [9.17, 15) is 0 Å². The minimum Gasteiger partial charge on any atom is -0.497 e. The quantitative estimate of drug-likeness (QED) is 0.670. The van der Waals surface area contributed by atoms with Crippen molar-refractivity contribution in [1.29, 1.82) is 0 Å². The molecule has 140 valence electrons. The van der Waals surface area contributed by atoms with Crippen LogP contribution in [0.15, 0.2) is 59.0 Å². The standard InChI is InChI=1S/C21H24N4O2/c1-26-19-9-7-18(8-10-19)21-23-22-20(27-21)16-25-13-11-24(12-14-25)15-17-5-3-2-4-6-17/h2-10H,11-16H2,1H3. The van der Waals surface area contributed by atoms with Gasteiger partial charge in [0.15, 0.2) is 0 Å². The van der Waals surface area contributed by atoms with E-state index in [-0.39, 0.29) is 0 Å². The molecule has 0 N–H and O–H groups in total. The van der Waals surface area contributed by atoms with Crippen LogP contribution >= 0.6 is 0 Å². The number of nitrogens with zero attached hydrogens (tertiary/aromatic N) is 4. The van der Waals surface area contributed by atoms with Crippen molar-refractivity contribution in [3.63, 3.8) is 0 Å². The van der Waals surface area contributed by atoms with Gasteiger partial charge in [0, 0.05) is 38.3 Å². The highest BCUT2D eigenvalue weighted by Crippen LogP contribution is 2.21. The Morgan fingerprint density at radius 1 is 0.852 bits per heavy atom. The van der Waals surface area contributed by atoms with Crippen LogP contribution in [0, 0.1) is 0 Å². The van der Waals surface area contributed by atoms with Gasteiger partial charge in [0.1, 0.15) is 5.75 Å².